The summed E-state index contributed by atoms with van der Waals surface area (Å²) < 4.78 is 36.6. The lowest BCUT2D eigenvalue weighted by Crippen LogP contribution is -2.22. The molecule has 0 N–H and O–H groups in total. The first-order valence-corrected chi connectivity index (χ1v) is 4.17. The molecule has 8 heavy (non-hydrogen) atoms. The number of rotatable bonds is 3. The van der Waals surface area contributed by atoms with Gasteiger partial charge < -0.3 is 0 Å². The minimum Gasteiger partial charge on any atom is -0.239 e. The van der Waals surface area contributed by atoms with Gasteiger partial charge in [0.05, 0.1) is 0 Å². The Bertz CT molecular complexity index is 67.5. The Morgan fingerprint density at radius 3 is 2.12 bits per heavy atom. The third-order valence-corrected chi connectivity index (χ3v) is 1.96. The molecule has 50 valence electrons. The van der Waals surface area contributed by atoms with E-state index in [9.17, 15) is 12.7 Å². The zero-order valence-electron chi connectivity index (χ0n) is 4.46. The molecule has 0 saturated carbocycles. The highest BCUT2D eigenvalue weighted by atomic mass is 28.4. The average molecular weight is 144 g/mol. The van der Waals surface area contributed by atoms with Crippen molar-refractivity contribution in [2.45, 2.75) is 19.4 Å². The number of hydrogen-bond acceptors (Lipinski definition) is 1. The lowest BCUT2D eigenvalue weighted by atomic mass is 10.6. The molecule has 0 unspecified atom stereocenters. The van der Waals surface area contributed by atoms with Crippen LogP contribution >= 0.6 is 0 Å². The molecule has 0 saturated heterocycles. The van der Waals surface area contributed by atoms with Gasteiger partial charge in [0.15, 0.2) is 0 Å². The Kier molecular flexibility index (Phi) is 3.07. The summed E-state index contributed by atoms with van der Waals surface area (Å²) in [5.74, 6) is 0. The molecule has 0 aromatic heterocycles. The maximum Gasteiger partial charge on any atom is 0.610 e. The van der Waals surface area contributed by atoms with Crippen LogP contribution in [0, 0.1) is 0 Å². The van der Waals surface area contributed by atoms with E-state index in [0.717, 1.165) is 0 Å². The molecule has 0 aromatic carbocycles. The normalized spacial score (nSPS) is 12.0. The molecule has 0 heterocycles. The van der Waals surface area contributed by atoms with Crippen molar-refractivity contribution < 1.29 is 17.4 Å². The second kappa shape index (κ2) is 3.08. The van der Waals surface area contributed by atoms with Crippen molar-refractivity contribution in [2.75, 3.05) is 0 Å². The van der Waals surface area contributed by atoms with Crippen LogP contribution < -0.4 is 0 Å². The molecule has 0 amide bonds. The van der Waals surface area contributed by atoms with E-state index in [0.29, 0.717) is 0 Å². The summed E-state index contributed by atoms with van der Waals surface area (Å²) in [6.07, 6.45) is 0.267. The van der Waals surface area contributed by atoms with E-state index in [4.69, 9.17) is 0 Å². The standard InChI is InChI=1S/C3H7F3OSi/c1-2-3-8(5,6)7-4/h2-3H2,1H3. The third kappa shape index (κ3) is 3.03. The van der Waals surface area contributed by atoms with Gasteiger partial charge in [0.2, 0.25) is 0 Å². The van der Waals surface area contributed by atoms with Gasteiger partial charge in [-0.05, 0) is 0 Å². The van der Waals surface area contributed by atoms with E-state index in [2.05, 4.69) is 4.63 Å². The van der Waals surface area contributed by atoms with Crippen LogP contribution in [0.4, 0.5) is 12.7 Å². The van der Waals surface area contributed by atoms with Gasteiger partial charge in [0, 0.05) is 6.04 Å². The number of halogens is 3. The van der Waals surface area contributed by atoms with Gasteiger partial charge >= 0.3 is 8.99 Å². The lowest BCUT2D eigenvalue weighted by Gasteiger charge is -2.01. The van der Waals surface area contributed by atoms with Gasteiger partial charge in [0.25, 0.3) is 0 Å². The zero-order valence-corrected chi connectivity index (χ0v) is 5.46. The van der Waals surface area contributed by atoms with Gasteiger partial charge in [-0.1, -0.05) is 17.9 Å². The SMILES string of the molecule is CCC[Si](F)(F)OF. The Morgan fingerprint density at radius 1 is 1.50 bits per heavy atom. The van der Waals surface area contributed by atoms with Gasteiger partial charge in [-0.15, -0.1) is 0 Å². The van der Waals surface area contributed by atoms with E-state index in [1.807, 2.05) is 0 Å². The van der Waals surface area contributed by atoms with E-state index in [1.165, 1.54) is 0 Å². The summed E-state index contributed by atoms with van der Waals surface area (Å²) in [6.45, 7) is 1.56. The molecule has 0 bridgehead atoms. The molecule has 0 aromatic rings. The molecule has 0 aliphatic rings. The molecule has 0 aliphatic heterocycles. The van der Waals surface area contributed by atoms with Crippen LogP contribution in [-0.4, -0.2) is 8.99 Å². The van der Waals surface area contributed by atoms with Crippen LogP contribution in [0.2, 0.25) is 6.04 Å². The fourth-order valence-electron chi connectivity index (χ4n) is 0.330. The van der Waals surface area contributed by atoms with Crippen molar-refractivity contribution in [3.63, 3.8) is 0 Å². The first-order valence-electron chi connectivity index (χ1n) is 2.30. The monoisotopic (exact) mass is 144 g/mol. The van der Waals surface area contributed by atoms with Gasteiger partial charge in [-0.25, -0.2) is 8.22 Å². The molecular formula is C3H7F3OSi. The lowest BCUT2D eigenvalue weighted by molar-refractivity contribution is -0.0513. The molecule has 5 heteroatoms. The van der Waals surface area contributed by atoms with Crippen LogP contribution in [0.5, 0.6) is 0 Å². The van der Waals surface area contributed by atoms with Crippen LogP contribution in [0.1, 0.15) is 13.3 Å². The Labute approximate surface area is 46.8 Å². The molecule has 0 atom stereocenters. The third-order valence-electron chi connectivity index (χ3n) is 0.654. The van der Waals surface area contributed by atoms with Gasteiger partial charge in [0.1, 0.15) is 0 Å². The summed E-state index contributed by atoms with van der Waals surface area (Å²) in [4.78, 5) is 0. The second-order valence-electron chi connectivity index (χ2n) is 1.46. The summed E-state index contributed by atoms with van der Waals surface area (Å²) >= 11 is 0. The number of hydrogen-bond donors (Lipinski definition) is 0. The maximum atomic E-state index is 11.7. The summed E-state index contributed by atoms with van der Waals surface area (Å²) in [5.41, 5.74) is 0. The predicted octanol–water partition coefficient (Wildman–Crippen LogP) is 2.18. The van der Waals surface area contributed by atoms with Crippen molar-refractivity contribution in [1.82, 2.24) is 0 Å². The summed E-state index contributed by atoms with van der Waals surface area (Å²) in [7, 11) is -4.84. The fourth-order valence-corrected chi connectivity index (χ4v) is 0.989. The fraction of sp³-hybridized carbons (Fsp3) is 1.00. The van der Waals surface area contributed by atoms with Crippen LogP contribution in [0.15, 0.2) is 0 Å². The molecule has 0 rings (SSSR count). The Morgan fingerprint density at radius 2 is 2.00 bits per heavy atom. The second-order valence-corrected chi connectivity index (χ2v) is 3.39. The smallest absolute Gasteiger partial charge is 0.239 e. The van der Waals surface area contributed by atoms with Gasteiger partial charge in [-0.2, -0.15) is 4.63 Å². The van der Waals surface area contributed by atoms with E-state index in [-0.39, 0.29) is 6.42 Å². The van der Waals surface area contributed by atoms with Gasteiger partial charge in [-0.3, -0.25) is 0 Å². The van der Waals surface area contributed by atoms with Crippen molar-refractivity contribution in [2.24, 2.45) is 0 Å². The minimum absolute atomic E-state index is 0.267. The van der Waals surface area contributed by atoms with E-state index >= 15 is 0 Å². The molecule has 0 fully saturated rings. The summed E-state index contributed by atoms with van der Waals surface area (Å²) in [6, 6.07) is -0.427. The molecule has 0 spiro atoms. The first kappa shape index (κ1) is 7.97. The van der Waals surface area contributed by atoms with Crippen molar-refractivity contribution in [3.05, 3.63) is 0 Å². The van der Waals surface area contributed by atoms with Crippen molar-refractivity contribution in [1.29, 1.82) is 0 Å². The molecule has 0 radical (unpaired) electrons. The zero-order chi connectivity index (χ0) is 6.62. The minimum atomic E-state index is -4.84. The quantitative estimate of drug-likeness (QED) is 0.435. The van der Waals surface area contributed by atoms with Crippen LogP contribution in [0.3, 0.4) is 0 Å². The predicted molar refractivity (Wildman–Crippen MR) is 25.3 cm³/mol. The molecular weight excluding hydrogens is 137 g/mol. The first-order chi connectivity index (χ1) is 3.62. The topological polar surface area (TPSA) is 9.23 Å². The Balaban J connectivity index is 3.37. The highest BCUT2D eigenvalue weighted by molar-refractivity contribution is 6.58. The molecule has 1 nitrogen and oxygen atoms in total. The van der Waals surface area contributed by atoms with Crippen molar-refractivity contribution >= 4 is 8.99 Å². The largest absolute Gasteiger partial charge is 0.610 e. The maximum absolute atomic E-state index is 11.7. The Hall–Kier alpha value is -0.0331. The van der Waals surface area contributed by atoms with Crippen LogP contribution in [-0.2, 0) is 4.63 Å². The van der Waals surface area contributed by atoms with Crippen molar-refractivity contribution in [3.8, 4) is 0 Å². The highest BCUT2D eigenvalue weighted by Gasteiger charge is 2.38. The van der Waals surface area contributed by atoms with E-state index < -0.39 is 15.0 Å². The molecule has 0 aliphatic carbocycles. The highest BCUT2D eigenvalue weighted by Crippen LogP contribution is 2.16. The van der Waals surface area contributed by atoms with E-state index in [1.54, 1.807) is 6.92 Å². The van der Waals surface area contributed by atoms with Crippen LogP contribution in [0.25, 0.3) is 0 Å². The summed E-state index contributed by atoms with van der Waals surface area (Å²) in [5, 5.41) is 0. The average Bonchev–Trinajstić information content (AvgIpc) is 1.67.